The number of nitrogens with one attached hydrogen (secondary N) is 2. The zero-order valence-corrected chi connectivity index (χ0v) is 23.7. The normalized spacial score (nSPS) is 24.9. The fourth-order valence-electron chi connectivity index (χ4n) is 6.60. The smallest absolute Gasteiger partial charge is 0.329 e. The molecular weight excluding hydrogens is 498 g/mol. The number of esters is 1. The molecule has 10 nitrogen and oxygen atoms in total. The van der Waals surface area contributed by atoms with E-state index in [0.717, 1.165) is 51.4 Å². The lowest BCUT2D eigenvalue weighted by molar-refractivity contribution is -0.156. The first-order valence-electron chi connectivity index (χ1n) is 14.5. The van der Waals surface area contributed by atoms with Crippen molar-refractivity contribution in [3.63, 3.8) is 0 Å². The molecular formula is C29H43N5O5. The van der Waals surface area contributed by atoms with Crippen LogP contribution in [0.4, 0.5) is 0 Å². The molecule has 3 fully saturated rings. The zero-order valence-electron chi connectivity index (χ0n) is 23.7. The zero-order chi connectivity index (χ0) is 28.2. The maximum Gasteiger partial charge on any atom is 0.329 e. The molecule has 2 N–H and O–H groups in total. The first-order chi connectivity index (χ1) is 18.6. The number of rotatable bonds is 8. The molecule has 3 aliphatic rings. The molecule has 0 aromatic carbocycles. The average molecular weight is 542 g/mol. The maximum absolute atomic E-state index is 14.1. The van der Waals surface area contributed by atoms with Gasteiger partial charge in [-0.2, -0.15) is 0 Å². The van der Waals surface area contributed by atoms with Gasteiger partial charge in [0.2, 0.25) is 11.8 Å². The molecule has 0 bridgehead atoms. The molecule has 4 rings (SSSR count). The second kappa shape index (κ2) is 12.4. The fourth-order valence-corrected chi connectivity index (χ4v) is 6.60. The quantitative estimate of drug-likeness (QED) is 0.484. The summed E-state index contributed by atoms with van der Waals surface area (Å²) in [5.74, 6) is -1.19. The number of hydrogen-bond donors (Lipinski definition) is 2. The standard InChI is InChI=1S/C29H43N5O5/c1-5-39-28(38)23-20-13-9-12-19(20)17-34(23)27(37)24(29(2,3)4)33-26(36)22(18-10-7-6-8-11-18)32-25(35)21-16-30-14-15-31-21/h14-16,18-20,22-24H,5-13,17H2,1-4H3,(H,32,35)(H,33,36)/t19-,20-,22-,23-,24-/m0/s1. The highest BCUT2D eigenvalue weighted by Crippen LogP contribution is 2.43. The second-order valence-electron chi connectivity index (χ2n) is 12.3. The van der Waals surface area contributed by atoms with Crippen LogP contribution < -0.4 is 10.6 Å². The van der Waals surface area contributed by atoms with Gasteiger partial charge in [-0.05, 0) is 55.8 Å². The molecule has 1 saturated heterocycles. The van der Waals surface area contributed by atoms with Crippen LogP contribution in [-0.2, 0) is 19.1 Å². The average Bonchev–Trinajstić information content (AvgIpc) is 3.52. The van der Waals surface area contributed by atoms with Crippen LogP contribution >= 0.6 is 0 Å². The van der Waals surface area contributed by atoms with Crippen molar-refractivity contribution in [1.82, 2.24) is 25.5 Å². The van der Waals surface area contributed by atoms with Gasteiger partial charge in [0.05, 0.1) is 12.8 Å². The minimum atomic E-state index is -0.875. The van der Waals surface area contributed by atoms with Crippen LogP contribution in [-0.4, -0.2) is 69.8 Å². The summed E-state index contributed by atoms with van der Waals surface area (Å²) in [4.78, 5) is 63.7. The Kier molecular flexibility index (Phi) is 9.23. The third-order valence-electron chi connectivity index (χ3n) is 8.59. The molecule has 2 heterocycles. The maximum atomic E-state index is 14.1. The monoisotopic (exact) mass is 541 g/mol. The van der Waals surface area contributed by atoms with Crippen LogP contribution in [0.2, 0.25) is 0 Å². The molecule has 1 aliphatic heterocycles. The Labute approximate surface area is 231 Å². The lowest BCUT2D eigenvalue weighted by atomic mass is 9.82. The predicted molar refractivity (Wildman–Crippen MR) is 144 cm³/mol. The van der Waals surface area contributed by atoms with Crippen LogP contribution in [0.3, 0.4) is 0 Å². The summed E-state index contributed by atoms with van der Waals surface area (Å²) >= 11 is 0. The first-order valence-corrected chi connectivity index (χ1v) is 14.5. The van der Waals surface area contributed by atoms with Crippen LogP contribution in [0.5, 0.6) is 0 Å². The molecule has 2 saturated carbocycles. The van der Waals surface area contributed by atoms with Gasteiger partial charge in [-0.25, -0.2) is 9.78 Å². The Morgan fingerprint density at radius 2 is 1.77 bits per heavy atom. The summed E-state index contributed by atoms with van der Waals surface area (Å²) in [5, 5.41) is 5.90. The number of carbonyl (C=O) groups excluding carboxylic acids is 4. The van der Waals surface area contributed by atoms with Crippen molar-refractivity contribution in [3.05, 3.63) is 24.3 Å². The van der Waals surface area contributed by atoms with E-state index in [1.807, 2.05) is 20.8 Å². The minimum absolute atomic E-state index is 0.0477. The SMILES string of the molecule is CCOC(=O)[C@@H]1[C@H]2CCC[C@H]2CN1C(=O)[C@H](NC(=O)[C@@H](NC(=O)c1cnccn1)C1CCCCC1)C(C)(C)C. The van der Waals surface area contributed by atoms with Crippen LogP contribution in [0.15, 0.2) is 18.6 Å². The van der Waals surface area contributed by atoms with E-state index >= 15 is 0 Å². The van der Waals surface area contributed by atoms with Gasteiger partial charge in [-0.15, -0.1) is 0 Å². The number of likely N-dealkylation sites (tertiary alicyclic amines) is 1. The third kappa shape index (κ3) is 6.58. The van der Waals surface area contributed by atoms with Crippen molar-refractivity contribution < 1.29 is 23.9 Å². The Morgan fingerprint density at radius 3 is 2.41 bits per heavy atom. The molecule has 39 heavy (non-hydrogen) atoms. The van der Waals surface area contributed by atoms with Crippen molar-refractivity contribution in [2.24, 2.45) is 23.2 Å². The first kappa shape index (κ1) is 29.0. The summed E-state index contributed by atoms with van der Waals surface area (Å²) in [7, 11) is 0. The summed E-state index contributed by atoms with van der Waals surface area (Å²) in [6.45, 7) is 8.22. The number of ether oxygens (including phenoxy) is 1. The highest BCUT2D eigenvalue weighted by molar-refractivity contribution is 5.97. The van der Waals surface area contributed by atoms with Crippen molar-refractivity contribution in [2.75, 3.05) is 13.2 Å². The van der Waals surface area contributed by atoms with Crippen LogP contribution in [0, 0.1) is 23.2 Å². The molecule has 1 aromatic rings. The number of aromatic nitrogens is 2. The molecule has 214 valence electrons. The van der Waals surface area contributed by atoms with Gasteiger partial charge in [-0.1, -0.05) is 46.5 Å². The minimum Gasteiger partial charge on any atom is -0.464 e. The molecule has 0 radical (unpaired) electrons. The summed E-state index contributed by atoms with van der Waals surface area (Å²) in [6, 6.07) is -2.31. The molecule has 10 heteroatoms. The predicted octanol–water partition coefficient (Wildman–Crippen LogP) is 2.88. The van der Waals surface area contributed by atoms with Gasteiger partial charge in [0.25, 0.3) is 5.91 Å². The summed E-state index contributed by atoms with van der Waals surface area (Å²) in [6.07, 6.45) is 11.9. The van der Waals surface area contributed by atoms with Gasteiger partial charge in [-0.3, -0.25) is 19.4 Å². The van der Waals surface area contributed by atoms with Gasteiger partial charge in [0.1, 0.15) is 23.8 Å². The Bertz CT molecular complexity index is 1040. The lowest BCUT2D eigenvalue weighted by Crippen LogP contribution is -2.61. The fraction of sp³-hybridized carbons (Fsp3) is 0.724. The third-order valence-corrected chi connectivity index (χ3v) is 8.59. The summed E-state index contributed by atoms with van der Waals surface area (Å²) < 4.78 is 5.39. The van der Waals surface area contributed by atoms with Crippen molar-refractivity contribution in [2.45, 2.75) is 97.2 Å². The van der Waals surface area contributed by atoms with E-state index in [4.69, 9.17) is 4.74 Å². The topological polar surface area (TPSA) is 131 Å². The number of carbonyl (C=O) groups is 4. The van der Waals surface area contributed by atoms with Gasteiger partial charge >= 0.3 is 5.97 Å². The van der Waals surface area contributed by atoms with Gasteiger partial charge < -0.3 is 20.3 Å². The summed E-state index contributed by atoms with van der Waals surface area (Å²) in [5.41, 5.74) is -0.495. The largest absolute Gasteiger partial charge is 0.464 e. The van der Waals surface area contributed by atoms with Crippen LogP contribution in [0.25, 0.3) is 0 Å². The van der Waals surface area contributed by atoms with E-state index in [0.29, 0.717) is 6.54 Å². The number of fused-ring (bicyclic) bond motifs is 1. The molecule has 3 amide bonds. The number of hydrogen-bond acceptors (Lipinski definition) is 7. The van der Waals surface area contributed by atoms with E-state index in [-0.39, 0.29) is 47.8 Å². The van der Waals surface area contributed by atoms with E-state index in [2.05, 4.69) is 20.6 Å². The molecule has 5 atom stereocenters. The van der Waals surface area contributed by atoms with Gasteiger partial charge in [0.15, 0.2) is 0 Å². The van der Waals surface area contributed by atoms with E-state index in [9.17, 15) is 19.2 Å². The van der Waals surface area contributed by atoms with Gasteiger partial charge in [0, 0.05) is 18.9 Å². The number of nitrogens with zero attached hydrogens (tertiary/aromatic N) is 3. The van der Waals surface area contributed by atoms with Crippen molar-refractivity contribution in [3.8, 4) is 0 Å². The van der Waals surface area contributed by atoms with E-state index < -0.39 is 29.4 Å². The number of amides is 3. The highest BCUT2D eigenvalue weighted by Gasteiger charge is 2.52. The Morgan fingerprint density at radius 1 is 1.03 bits per heavy atom. The lowest BCUT2D eigenvalue weighted by Gasteiger charge is -2.38. The molecule has 2 aliphatic carbocycles. The van der Waals surface area contributed by atoms with Crippen LogP contribution in [0.1, 0.15) is 89.5 Å². The van der Waals surface area contributed by atoms with E-state index in [1.165, 1.54) is 18.6 Å². The van der Waals surface area contributed by atoms with Crippen molar-refractivity contribution >= 4 is 23.7 Å². The van der Waals surface area contributed by atoms with E-state index in [1.54, 1.807) is 11.8 Å². The second-order valence-corrected chi connectivity index (χ2v) is 12.3. The molecule has 0 spiro atoms. The molecule has 0 unspecified atom stereocenters. The van der Waals surface area contributed by atoms with Crippen molar-refractivity contribution in [1.29, 1.82) is 0 Å². The Hall–Kier alpha value is -3.04. The Balaban J connectivity index is 1.56. The highest BCUT2D eigenvalue weighted by atomic mass is 16.5. The molecule has 1 aromatic heterocycles.